The third-order valence-electron chi connectivity index (χ3n) is 1.71. The van der Waals surface area contributed by atoms with Crippen LogP contribution in [0.15, 0.2) is 12.1 Å². The molecule has 3 nitrogen and oxygen atoms in total. The Morgan fingerprint density at radius 3 is 2.50 bits per heavy atom. The topological polar surface area (TPSA) is 46.5 Å². The fraction of sp³-hybridized carbons (Fsp3) is 0.182. The number of hydrogen-bond acceptors (Lipinski definition) is 3. The number of hydrogen-bond donors (Lipinski definition) is 1. The van der Waals surface area contributed by atoms with Gasteiger partial charge in [-0.15, -0.1) is 0 Å². The fourth-order valence-electron chi connectivity index (χ4n) is 0.928. The van der Waals surface area contributed by atoms with Gasteiger partial charge in [0.05, 0.1) is 7.11 Å². The Labute approximate surface area is 90.7 Å². The lowest BCUT2D eigenvalue weighted by Crippen LogP contribution is -1.97. The second-order valence-electron chi connectivity index (χ2n) is 2.84. The van der Waals surface area contributed by atoms with Crippen molar-refractivity contribution in [2.75, 3.05) is 7.11 Å². The monoisotopic (exact) mass is 226 g/mol. The maximum Gasteiger partial charge on any atom is 0.317 e. The Hall–Kier alpha value is -2.09. The van der Waals surface area contributed by atoms with E-state index in [9.17, 15) is 13.6 Å². The lowest BCUT2D eigenvalue weighted by Gasteiger charge is -1.97. The molecule has 0 aromatic heterocycles. The molecule has 0 heterocycles. The number of halogens is 2. The number of aromatic hydroxyl groups is 1. The molecule has 0 radical (unpaired) electrons. The van der Waals surface area contributed by atoms with Crippen molar-refractivity contribution in [2.45, 2.75) is 6.42 Å². The van der Waals surface area contributed by atoms with E-state index in [4.69, 9.17) is 5.11 Å². The third kappa shape index (κ3) is 2.95. The number of phenolic OH excluding ortho intramolecular Hbond substituents is 1. The molecule has 1 aromatic rings. The summed E-state index contributed by atoms with van der Waals surface area (Å²) in [6.07, 6.45) is -0.166. The molecule has 1 rings (SSSR count). The predicted molar refractivity (Wildman–Crippen MR) is 51.5 cm³/mol. The predicted octanol–water partition coefficient (Wildman–Crippen LogP) is 1.58. The number of carbonyl (C=O) groups excluding carboxylic acids is 1. The Bertz CT molecular complexity index is 449. The van der Waals surface area contributed by atoms with Crippen molar-refractivity contribution in [1.82, 2.24) is 0 Å². The lowest BCUT2D eigenvalue weighted by atomic mass is 10.2. The highest BCUT2D eigenvalue weighted by molar-refractivity contribution is 5.72. The summed E-state index contributed by atoms with van der Waals surface area (Å²) in [5, 5.41) is 8.81. The first-order chi connectivity index (χ1) is 7.54. The molecule has 5 heteroatoms. The highest BCUT2D eigenvalue weighted by Crippen LogP contribution is 2.20. The van der Waals surface area contributed by atoms with Crippen LogP contribution in [-0.4, -0.2) is 18.2 Å². The molecule has 1 aromatic carbocycles. The Balaban J connectivity index is 2.86. The summed E-state index contributed by atoms with van der Waals surface area (Å²) in [6, 6.07) is 1.76. The standard InChI is InChI=1S/C11H8F2O3/c1-16-10(14)4-2-3-7-5-8(12)11(15)9(13)6-7/h5-6,15H,4H2,1H3. The minimum atomic E-state index is -1.10. The Kier molecular flexibility index (Phi) is 3.84. The second-order valence-corrected chi connectivity index (χ2v) is 2.84. The van der Waals surface area contributed by atoms with E-state index in [1.807, 2.05) is 0 Å². The number of phenols is 1. The second kappa shape index (κ2) is 5.12. The molecule has 0 saturated heterocycles. The van der Waals surface area contributed by atoms with E-state index in [0.29, 0.717) is 0 Å². The van der Waals surface area contributed by atoms with Crippen molar-refractivity contribution < 1.29 is 23.4 Å². The van der Waals surface area contributed by atoms with Crippen LogP contribution >= 0.6 is 0 Å². The van der Waals surface area contributed by atoms with E-state index in [-0.39, 0.29) is 12.0 Å². The molecule has 0 aliphatic carbocycles. The van der Waals surface area contributed by atoms with E-state index >= 15 is 0 Å². The van der Waals surface area contributed by atoms with Crippen LogP contribution in [0.4, 0.5) is 8.78 Å². The lowest BCUT2D eigenvalue weighted by molar-refractivity contribution is -0.139. The molecular weight excluding hydrogens is 218 g/mol. The van der Waals surface area contributed by atoms with Gasteiger partial charge in [0.1, 0.15) is 6.42 Å². The highest BCUT2D eigenvalue weighted by atomic mass is 19.1. The first-order valence-corrected chi connectivity index (χ1v) is 4.28. The molecule has 0 aliphatic heterocycles. The van der Waals surface area contributed by atoms with E-state index in [1.54, 1.807) is 0 Å². The maximum absolute atomic E-state index is 12.8. The first-order valence-electron chi connectivity index (χ1n) is 4.28. The van der Waals surface area contributed by atoms with Crippen LogP contribution in [-0.2, 0) is 9.53 Å². The minimum absolute atomic E-state index is 0.0386. The SMILES string of the molecule is COC(=O)CC#Cc1cc(F)c(O)c(F)c1. The fourth-order valence-corrected chi connectivity index (χ4v) is 0.928. The van der Waals surface area contributed by atoms with E-state index in [1.165, 1.54) is 7.11 Å². The summed E-state index contributed by atoms with van der Waals surface area (Å²) in [4.78, 5) is 10.7. The molecule has 0 saturated carbocycles. The van der Waals surface area contributed by atoms with Crippen LogP contribution in [0.1, 0.15) is 12.0 Å². The highest BCUT2D eigenvalue weighted by Gasteiger charge is 2.08. The molecule has 84 valence electrons. The molecular formula is C11H8F2O3. The van der Waals surface area contributed by atoms with Gasteiger partial charge in [0.15, 0.2) is 17.4 Å². The number of carbonyl (C=O) groups is 1. The molecule has 0 fully saturated rings. The van der Waals surface area contributed by atoms with Gasteiger partial charge >= 0.3 is 5.97 Å². The number of ether oxygens (including phenoxy) is 1. The molecule has 0 unspecified atom stereocenters. The third-order valence-corrected chi connectivity index (χ3v) is 1.71. The van der Waals surface area contributed by atoms with Crippen molar-refractivity contribution in [2.24, 2.45) is 0 Å². The van der Waals surface area contributed by atoms with Crippen LogP contribution in [0, 0.1) is 23.5 Å². The van der Waals surface area contributed by atoms with Gasteiger partial charge in [-0.3, -0.25) is 4.79 Å². The average Bonchev–Trinajstić information content (AvgIpc) is 2.25. The van der Waals surface area contributed by atoms with Gasteiger partial charge in [-0.1, -0.05) is 11.8 Å². The average molecular weight is 226 g/mol. The molecule has 0 spiro atoms. The summed E-state index contributed by atoms with van der Waals surface area (Å²) in [5.74, 6) is 0.995. The van der Waals surface area contributed by atoms with Gasteiger partial charge < -0.3 is 9.84 Å². The van der Waals surface area contributed by atoms with Crippen LogP contribution in [0.25, 0.3) is 0 Å². The van der Waals surface area contributed by atoms with E-state index in [0.717, 1.165) is 12.1 Å². The quantitative estimate of drug-likeness (QED) is 0.584. The molecule has 1 N–H and O–H groups in total. The van der Waals surface area contributed by atoms with Crippen LogP contribution < -0.4 is 0 Å². The molecule has 0 atom stereocenters. The summed E-state index contributed by atoms with van der Waals surface area (Å²) in [6.45, 7) is 0. The first kappa shape index (κ1) is 12.0. The van der Waals surface area contributed by atoms with Gasteiger partial charge in [-0.05, 0) is 12.1 Å². The van der Waals surface area contributed by atoms with Gasteiger partial charge in [0.25, 0.3) is 0 Å². The smallest absolute Gasteiger partial charge is 0.317 e. The molecule has 16 heavy (non-hydrogen) atoms. The van der Waals surface area contributed by atoms with Gasteiger partial charge in [-0.2, -0.15) is 0 Å². The number of methoxy groups -OCH3 is 1. The zero-order valence-electron chi connectivity index (χ0n) is 8.38. The number of esters is 1. The number of benzene rings is 1. The minimum Gasteiger partial charge on any atom is -0.503 e. The van der Waals surface area contributed by atoms with Crippen LogP contribution in [0.2, 0.25) is 0 Å². The molecule has 0 aliphatic rings. The maximum atomic E-state index is 12.8. The summed E-state index contributed by atoms with van der Waals surface area (Å²) in [5.41, 5.74) is 0.0386. The number of rotatable bonds is 1. The van der Waals surface area contributed by atoms with Crippen molar-refractivity contribution in [1.29, 1.82) is 0 Å². The van der Waals surface area contributed by atoms with Crippen molar-refractivity contribution >= 4 is 5.97 Å². The summed E-state index contributed by atoms with van der Waals surface area (Å²) >= 11 is 0. The van der Waals surface area contributed by atoms with Crippen molar-refractivity contribution in [3.63, 3.8) is 0 Å². The largest absolute Gasteiger partial charge is 0.503 e. The van der Waals surface area contributed by atoms with Crippen molar-refractivity contribution in [3.8, 4) is 17.6 Å². The normalized spacial score (nSPS) is 9.19. The molecule has 0 amide bonds. The van der Waals surface area contributed by atoms with Crippen LogP contribution in [0.5, 0.6) is 5.75 Å². The van der Waals surface area contributed by atoms with E-state index < -0.39 is 23.4 Å². The molecule has 0 bridgehead atoms. The summed E-state index contributed by atoms with van der Waals surface area (Å²) in [7, 11) is 1.21. The zero-order valence-corrected chi connectivity index (χ0v) is 8.38. The Morgan fingerprint density at radius 1 is 1.44 bits per heavy atom. The zero-order chi connectivity index (χ0) is 12.1. The van der Waals surface area contributed by atoms with Gasteiger partial charge in [0.2, 0.25) is 0 Å². The Morgan fingerprint density at radius 2 is 2.00 bits per heavy atom. The van der Waals surface area contributed by atoms with Gasteiger partial charge in [0, 0.05) is 5.56 Å². The van der Waals surface area contributed by atoms with Crippen LogP contribution in [0.3, 0.4) is 0 Å². The van der Waals surface area contributed by atoms with E-state index in [2.05, 4.69) is 16.6 Å². The van der Waals surface area contributed by atoms with Crippen molar-refractivity contribution in [3.05, 3.63) is 29.3 Å². The van der Waals surface area contributed by atoms with Gasteiger partial charge in [-0.25, -0.2) is 8.78 Å². The summed E-state index contributed by atoms with van der Waals surface area (Å²) < 4.78 is 30.0.